The summed E-state index contributed by atoms with van der Waals surface area (Å²) < 4.78 is 43.1. The van der Waals surface area contributed by atoms with Crippen molar-refractivity contribution in [1.82, 2.24) is 29.1 Å². The Morgan fingerprint density at radius 1 is 0.198 bits per heavy atom. The number of aromatic nitrogens is 6. The highest BCUT2D eigenvalue weighted by atomic mass is 15.0. The standard InChI is InChI=1S/C56H35N3.C44H27N3/c1-2-10-36(11-3-1)38-18-21-40(22-19-38)55-49-30-26-46(45-23-20-37-12-4-5-14-42(37)32-45)34-51(49)57-56(58-55)41-24-28-47(29-25-41)59-52-31-27-39-13-8-9-17-48(39)54(52)50-33-43-15-6-7-16-44(43)35-53(50)59;1-2-11-31-25-34(18-17-28(31)9-1)43-37-15-7-8-16-39(37)45-44(46-43)30-19-22-35(23-20-30)47-40-24-21-29-10-5-6-14-36(29)42(40)38-26-32-12-3-4-13-33(32)27-41(38)47/h1-35H;1-27H/i24D,25D,28D,29D;. The molecule has 492 valence electrons. The molecule has 22 aromatic rings. The lowest BCUT2D eigenvalue weighted by atomic mass is 9.97. The monoisotopic (exact) mass is 1350 g/mol. The van der Waals surface area contributed by atoms with Crippen LogP contribution < -0.4 is 0 Å². The maximum Gasteiger partial charge on any atom is 0.160 e. The molecule has 0 spiro atoms. The van der Waals surface area contributed by atoms with E-state index in [1.165, 1.54) is 54.1 Å². The number of fused-ring (bicyclic) bond motifs is 16. The zero-order valence-corrected chi connectivity index (χ0v) is 57.2. The SMILES string of the molecule is [2H]c1c([2H])c(-n2c3cc4ccccc4cc3c3c4ccccc4ccc32)c([2H])c([2H])c1-c1nc(-c2ccc(-c3ccccc3)cc2)c2ccc(-c3ccc4ccccc4c3)cc2n1.c1ccc2cc(-c3nc(-c4ccc(-n5c6cc7ccccc7cc6c6c7ccccc7ccc65)cc4)nc4ccccc34)ccc2c1. The van der Waals surface area contributed by atoms with Crippen LogP contribution in [-0.4, -0.2) is 29.1 Å². The van der Waals surface area contributed by atoms with Gasteiger partial charge in [0.05, 0.1) is 50.0 Å². The van der Waals surface area contributed by atoms with E-state index < -0.39 is 0 Å². The number of benzene rings is 18. The van der Waals surface area contributed by atoms with Crippen molar-refractivity contribution in [3.05, 3.63) is 376 Å². The smallest absolute Gasteiger partial charge is 0.160 e. The van der Waals surface area contributed by atoms with Crippen LogP contribution in [0, 0.1) is 0 Å². The molecule has 0 bridgehead atoms. The van der Waals surface area contributed by atoms with E-state index >= 15 is 0 Å². The van der Waals surface area contributed by atoms with Gasteiger partial charge in [-0.3, -0.25) is 0 Å². The molecule has 0 fully saturated rings. The quantitative estimate of drug-likeness (QED) is 0.152. The summed E-state index contributed by atoms with van der Waals surface area (Å²) in [6, 6.07) is 122. The molecule has 0 atom stereocenters. The van der Waals surface area contributed by atoms with Crippen molar-refractivity contribution in [3.63, 3.8) is 0 Å². The first-order chi connectivity index (χ1) is 54.2. The van der Waals surface area contributed by atoms with Crippen molar-refractivity contribution in [1.29, 1.82) is 0 Å². The second kappa shape index (κ2) is 24.8. The summed E-state index contributed by atoms with van der Waals surface area (Å²) in [7, 11) is 0. The predicted octanol–water partition coefficient (Wildman–Crippen LogP) is 26.4. The van der Waals surface area contributed by atoms with Gasteiger partial charge in [0, 0.05) is 65.9 Å². The van der Waals surface area contributed by atoms with Crippen LogP contribution in [0.15, 0.2) is 376 Å². The molecule has 0 aliphatic rings. The average molecular weight is 1350 g/mol. The van der Waals surface area contributed by atoms with Crippen LogP contribution in [0.2, 0.25) is 0 Å². The Hall–Kier alpha value is -14.2. The Morgan fingerprint density at radius 2 is 0.585 bits per heavy atom. The molecular weight excluding hydrogens is 1290 g/mol. The molecule has 18 aromatic carbocycles. The lowest BCUT2D eigenvalue weighted by molar-refractivity contribution is 1.18. The fourth-order valence-corrected chi connectivity index (χ4v) is 16.0. The van der Waals surface area contributed by atoms with Gasteiger partial charge in [0.15, 0.2) is 11.6 Å². The van der Waals surface area contributed by atoms with E-state index in [1.54, 1.807) is 0 Å². The first kappa shape index (κ1) is 56.4. The zero-order valence-electron chi connectivity index (χ0n) is 61.2. The summed E-state index contributed by atoms with van der Waals surface area (Å²) in [6.45, 7) is 0. The summed E-state index contributed by atoms with van der Waals surface area (Å²) in [5.41, 5.74) is 15.6. The molecule has 0 radical (unpaired) electrons. The van der Waals surface area contributed by atoms with Gasteiger partial charge in [-0.15, -0.1) is 0 Å². The number of rotatable bonds is 8. The Kier molecular flexibility index (Phi) is 13.2. The molecule has 6 nitrogen and oxygen atoms in total. The van der Waals surface area contributed by atoms with E-state index in [0.717, 1.165) is 127 Å². The van der Waals surface area contributed by atoms with E-state index in [9.17, 15) is 5.48 Å². The van der Waals surface area contributed by atoms with Crippen LogP contribution in [0.25, 0.3) is 209 Å². The van der Waals surface area contributed by atoms with Crippen molar-refractivity contribution in [2.45, 2.75) is 0 Å². The van der Waals surface area contributed by atoms with Crippen molar-refractivity contribution in [2.75, 3.05) is 0 Å². The molecule has 0 amide bonds. The van der Waals surface area contributed by atoms with Crippen LogP contribution in [0.4, 0.5) is 0 Å². The molecule has 0 aliphatic heterocycles. The molecule has 0 unspecified atom stereocenters. The molecule has 22 rings (SSSR count). The van der Waals surface area contributed by atoms with Crippen molar-refractivity contribution >= 4 is 130 Å². The molecule has 0 aliphatic carbocycles. The summed E-state index contributed by atoms with van der Waals surface area (Å²) in [6.07, 6.45) is 0. The Balaban J connectivity index is 0.000000146. The largest absolute Gasteiger partial charge is 0.309 e. The number of para-hydroxylation sites is 1. The van der Waals surface area contributed by atoms with Crippen molar-refractivity contribution in [2.24, 2.45) is 0 Å². The summed E-state index contributed by atoms with van der Waals surface area (Å²) >= 11 is 0. The van der Waals surface area contributed by atoms with E-state index in [0.29, 0.717) is 11.2 Å². The molecule has 106 heavy (non-hydrogen) atoms. The van der Waals surface area contributed by atoms with Crippen molar-refractivity contribution in [3.8, 4) is 78.9 Å². The zero-order chi connectivity index (χ0) is 73.2. The van der Waals surface area contributed by atoms with E-state index in [4.69, 9.17) is 19.9 Å². The molecular formula is C100H62N6. The normalized spacial score (nSPS) is 12.3. The van der Waals surface area contributed by atoms with Gasteiger partial charge in [0.25, 0.3) is 0 Å². The summed E-state index contributed by atoms with van der Waals surface area (Å²) in [4.78, 5) is 20.4. The fraction of sp³-hybridized carbons (Fsp3) is 0. The third-order valence-electron chi connectivity index (χ3n) is 21.2. The Morgan fingerprint density at radius 3 is 1.18 bits per heavy atom. The van der Waals surface area contributed by atoms with Gasteiger partial charge in [-0.05, 0) is 202 Å². The average Bonchev–Trinajstić information content (AvgIpc) is 1.53. The molecule has 0 saturated heterocycles. The molecule has 0 N–H and O–H groups in total. The highest BCUT2D eigenvalue weighted by Gasteiger charge is 2.21. The third kappa shape index (κ3) is 10.3. The number of hydrogen-bond donors (Lipinski definition) is 0. The van der Waals surface area contributed by atoms with Gasteiger partial charge in [-0.2, -0.15) is 0 Å². The molecule has 6 heteroatoms. The van der Waals surface area contributed by atoms with Gasteiger partial charge in [0.1, 0.15) is 0 Å². The lowest BCUT2D eigenvalue weighted by Crippen LogP contribution is -1.97. The van der Waals surface area contributed by atoms with E-state index in [1.807, 2.05) is 95.6 Å². The topological polar surface area (TPSA) is 61.4 Å². The van der Waals surface area contributed by atoms with Crippen LogP contribution >= 0.6 is 0 Å². The van der Waals surface area contributed by atoms with Gasteiger partial charge in [0.2, 0.25) is 0 Å². The molecule has 4 aromatic heterocycles. The molecule has 4 heterocycles. The second-order valence-electron chi connectivity index (χ2n) is 27.3. The maximum atomic E-state index is 9.71. The van der Waals surface area contributed by atoms with Gasteiger partial charge >= 0.3 is 0 Å². The van der Waals surface area contributed by atoms with Crippen LogP contribution in [-0.2, 0) is 0 Å². The van der Waals surface area contributed by atoms with Crippen LogP contribution in [0.3, 0.4) is 0 Å². The number of hydrogen-bond acceptors (Lipinski definition) is 4. The highest BCUT2D eigenvalue weighted by Crippen LogP contribution is 2.43. The molecule has 0 saturated carbocycles. The second-order valence-corrected chi connectivity index (χ2v) is 27.3. The van der Waals surface area contributed by atoms with Crippen LogP contribution in [0.5, 0.6) is 0 Å². The maximum absolute atomic E-state index is 9.71. The van der Waals surface area contributed by atoms with Gasteiger partial charge < -0.3 is 9.13 Å². The summed E-state index contributed by atoms with van der Waals surface area (Å²) in [5, 5.41) is 20.3. The van der Waals surface area contributed by atoms with E-state index in [-0.39, 0.29) is 41.2 Å². The number of nitrogens with zero attached hydrogens (tertiary/aromatic N) is 6. The van der Waals surface area contributed by atoms with Gasteiger partial charge in [-0.25, -0.2) is 19.9 Å². The Labute approximate surface area is 615 Å². The predicted molar refractivity (Wildman–Crippen MR) is 445 cm³/mol. The van der Waals surface area contributed by atoms with Gasteiger partial charge in [-0.1, -0.05) is 261 Å². The first-order valence-corrected chi connectivity index (χ1v) is 35.8. The Bertz CT molecular complexity index is 7550. The van der Waals surface area contributed by atoms with Crippen LogP contribution in [0.1, 0.15) is 5.48 Å². The lowest BCUT2D eigenvalue weighted by Gasteiger charge is -2.13. The minimum atomic E-state index is -0.210. The minimum absolute atomic E-state index is 0.0468. The first-order valence-electron chi connectivity index (χ1n) is 37.8. The highest BCUT2D eigenvalue weighted by molar-refractivity contribution is 6.25. The third-order valence-corrected chi connectivity index (χ3v) is 21.2. The summed E-state index contributed by atoms with van der Waals surface area (Å²) in [5.74, 6) is 0.848. The minimum Gasteiger partial charge on any atom is -0.309 e. The van der Waals surface area contributed by atoms with E-state index in [2.05, 4.69) is 265 Å². The van der Waals surface area contributed by atoms with Crippen molar-refractivity contribution < 1.29 is 5.48 Å². The fourth-order valence-electron chi connectivity index (χ4n) is 16.0.